The molecule has 0 fully saturated rings. The summed E-state index contributed by atoms with van der Waals surface area (Å²) in [6.07, 6.45) is 0. The minimum absolute atomic E-state index is 0.143. The van der Waals surface area contributed by atoms with Crippen LogP contribution in [0.2, 0.25) is 5.02 Å². The van der Waals surface area contributed by atoms with Crippen LogP contribution in [0, 0.1) is 29.6 Å². The van der Waals surface area contributed by atoms with Crippen molar-refractivity contribution in [1.29, 1.82) is 0 Å². The van der Waals surface area contributed by atoms with Gasteiger partial charge in [-0.1, -0.05) is 69.8 Å². The van der Waals surface area contributed by atoms with E-state index in [0.717, 1.165) is 10.2 Å². The summed E-state index contributed by atoms with van der Waals surface area (Å²) in [5.41, 5.74) is 0.524. The Morgan fingerprint density at radius 3 is 2.41 bits per heavy atom. The third-order valence-electron chi connectivity index (χ3n) is 4.82. The highest BCUT2D eigenvalue weighted by Gasteiger charge is 2.21. The van der Waals surface area contributed by atoms with Crippen molar-refractivity contribution in [2.45, 2.75) is 20.4 Å². The number of nitrogens with one attached hydrogen (secondary N) is 1. The summed E-state index contributed by atoms with van der Waals surface area (Å²) in [5.74, 6) is 9.49. The standard InChI is InChI=1S/C26H19ClN6O6/c1-15(2)5-6-16-7-9-18(10-8-16)38-24-22(26(36)37)33(32-30-24)13-3-4-17-14-19(11-12-20(17)27)39-23-21(25(34)35)28-31-29-23/h7-12,14-15H,13H2,1-2H3,(H,34,35)(H,36,37)(H,28,29,31). The predicted octanol–water partition coefficient (Wildman–Crippen LogP) is 4.09. The van der Waals surface area contributed by atoms with Crippen LogP contribution in [0.4, 0.5) is 0 Å². The van der Waals surface area contributed by atoms with Gasteiger partial charge in [0.2, 0.25) is 11.4 Å². The van der Waals surface area contributed by atoms with Gasteiger partial charge >= 0.3 is 11.9 Å². The Labute approximate surface area is 226 Å². The van der Waals surface area contributed by atoms with Gasteiger partial charge in [-0.25, -0.2) is 19.4 Å². The number of aromatic carboxylic acids is 2. The zero-order valence-electron chi connectivity index (χ0n) is 20.5. The number of nitrogens with zero attached hydrogens (tertiary/aromatic N) is 5. The first-order valence-electron chi connectivity index (χ1n) is 11.3. The normalized spacial score (nSPS) is 10.3. The van der Waals surface area contributed by atoms with Gasteiger partial charge < -0.3 is 19.7 Å². The van der Waals surface area contributed by atoms with E-state index < -0.39 is 11.9 Å². The number of benzene rings is 2. The first-order chi connectivity index (χ1) is 18.7. The van der Waals surface area contributed by atoms with E-state index in [4.69, 9.17) is 26.2 Å². The maximum atomic E-state index is 11.9. The van der Waals surface area contributed by atoms with Crippen LogP contribution < -0.4 is 9.47 Å². The zero-order valence-corrected chi connectivity index (χ0v) is 21.2. The summed E-state index contributed by atoms with van der Waals surface area (Å²) >= 11 is 6.22. The van der Waals surface area contributed by atoms with Crippen LogP contribution in [-0.2, 0) is 6.54 Å². The summed E-state index contributed by atoms with van der Waals surface area (Å²) in [6.45, 7) is 3.84. The molecule has 0 amide bonds. The van der Waals surface area contributed by atoms with E-state index in [1.165, 1.54) is 18.2 Å². The number of rotatable bonds is 7. The second-order valence-electron chi connectivity index (χ2n) is 8.10. The molecule has 0 aliphatic heterocycles. The molecule has 2 heterocycles. The lowest BCUT2D eigenvalue weighted by atomic mass is 10.2. The van der Waals surface area contributed by atoms with E-state index in [0.29, 0.717) is 11.3 Å². The maximum absolute atomic E-state index is 11.9. The summed E-state index contributed by atoms with van der Waals surface area (Å²) < 4.78 is 12.2. The van der Waals surface area contributed by atoms with Gasteiger partial charge in [0.1, 0.15) is 18.0 Å². The van der Waals surface area contributed by atoms with Crippen molar-refractivity contribution < 1.29 is 29.3 Å². The number of halogens is 1. The smallest absolute Gasteiger partial charge is 0.359 e. The Bertz CT molecular complexity index is 1650. The van der Waals surface area contributed by atoms with Gasteiger partial charge in [-0.3, -0.25) is 0 Å². The van der Waals surface area contributed by atoms with Gasteiger partial charge in [0, 0.05) is 17.0 Å². The second kappa shape index (κ2) is 11.8. The molecule has 13 heteroatoms. The number of hydrogen-bond donors (Lipinski definition) is 3. The molecule has 0 aliphatic rings. The number of H-pyrrole nitrogens is 1. The topological polar surface area (TPSA) is 165 Å². The van der Waals surface area contributed by atoms with Crippen LogP contribution in [0.15, 0.2) is 42.5 Å². The van der Waals surface area contributed by atoms with E-state index in [9.17, 15) is 14.7 Å². The average Bonchev–Trinajstić information content (AvgIpc) is 3.52. The lowest BCUT2D eigenvalue weighted by Gasteiger charge is -2.05. The molecule has 0 aliphatic carbocycles. The number of ether oxygens (including phenoxy) is 2. The Morgan fingerprint density at radius 1 is 1.00 bits per heavy atom. The molecule has 196 valence electrons. The predicted molar refractivity (Wildman–Crippen MR) is 137 cm³/mol. The van der Waals surface area contributed by atoms with Crippen LogP contribution in [0.25, 0.3) is 0 Å². The van der Waals surface area contributed by atoms with E-state index in [1.54, 1.807) is 24.3 Å². The van der Waals surface area contributed by atoms with E-state index in [2.05, 4.69) is 49.4 Å². The fourth-order valence-electron chi connectivity index (χ4n) is 3.04. The van der Waals surface area contributed by atoms with E-state index >= 15 is 0 Å². The summed E-state index contributed by atoms with van der Waals surface area (Å²) in [6, 6.07) is 11.3. The number of aromatic amines is 1. The highest BCUT2D eigenvalue weighted by atomic mass is 35.5. The van der Waals surface area contributed by atoms with E-state index in [1.807, 2.05) is 13.8 Å². The molecule has 3 N–H and O–H groups in total. The van der Waals surface area contributed by atoms with Crippen molar-refractivity contribution in [1.82, 2.24) is 30.4 Å². The Kier molecular flexibility index (Phi) is 8.09. The molecule has 0 radical (unpaired) electrons. The third kappa shape index (κ3) is 6.71. The molecule has 0 unspecified atom stereocenters. The van der Waals surface area contributed by atoms with Crippen molar-refractivity contribution in [2.24, 2.45) is 5.92 Å². The van der Waals surface area contributed by atoms with Crippen LogP contribution in [0.5, 0.6) is 23.3 Å². The molecule has 2 aromatic heterocycles. The highest BCUT2D eigenvalue weighted by Crippen LogP contribution is 2.27. The third-order valence-corrected chi connectivity index (χ3v) is 5.14. The van der Waals surface area contributed by atoms with Crippen molar-refractivity contribution in [3.8, 4) is 46.9 Å². The van der Waals surface area contributed by atoms with Crippen molar-refractivity contribution in [3.05, 3.63) is 70.0 Å². The zero-order chi connectivity index (χ0) is 27.9. The molecule has 4 aromatic rings. The van der Waals surface area contributed by atoms with Crippen LogP contribution in [0.3, 0.4) is 0 Å². The molecule has 39 heavy (non-hydrogen) atoms. The fraction of sp³-hybridized carbons (Fsp3) is 0.154. The van der Waals surface area contributed by atoms with Gasteiger partial charge in [0.05, 0.1) is 5.02 Å². The SMILES string of the molecule is CC(C)C#Cc1ccc(Oc2nnn(CC#Cc3cc(Oc4nn[nH]c4C(=O)O)ccc3Cl)c2C(=O)O)cc1. The minimum Gasteiger partial charge on any atom is -0.476 e. The first kappa shape index (κ1) is 26.7. The van der Waals surface area contributed by atoms with Gasteiger partial charge in [-0.15, -0.1) is 0 Å². The number of aromatic nitrogens is 6. The van der Waals surface area contributed by atoms with Crippen molar-refractivity contribution in [2.75, 3.05) is 0 Å². The molecule has 12 nitrogen and oxygen atoms in total. The summed E-state index contributed by atoms with van der Waals surface area (Å²) in [4.78, 5) is 23.1. The molecule has 0 saturated heterocycles. The molecule has 2 aromatic carbocycles. The van der Waals surface area contributed by atoms with E-state index in [-0.39, 0.29) is 46.4 Å². The fourth-order valence-corrected chi connectivity index (χ4v) is 3.20. The first-order valence-corrected chi connectivity index (χ1v) is 11.7. The lowest BCUT2D eigenvalue weighted by molar-refractivity contribution is 0.0672. The molecule has 0 spiro atoms. The summed E-state index contributed by atoms with van der Waals surface area (Å²) in [5, 5.41) is 36.1. The van der Waals surface area contributed by atoms with Crippen LogP contribution in [0.1, 0.15) is 46.0 Å². The average molecular weight is 547 g/mol. The number of carboxylic acids is 2. The summed E-state index contributed by atoms with van der Waals surface area (Å²) in [7, 11) is 0. The minimum atomic E-state index is -1.30. The molecule has 4 rings (SSSR count). The van der Waals surface area contributed by atoms with Gasteiger partial charge in [0.15, 0.2) is 0 Å². The maximum Gasteiger partial charge on any atom is 0.359 e. The van der Waals surface area contributed by atoms with Gasteiger partial charge in [-0.2, -0.15) is 0 Å². The number of carbonyl (C=O) groups is 2. The lowest BCUT2D eigenvalue weighted by Crippen LogP contribution is -2.10. The molecule has 0 atom stereocenters. The molecular weight excluding hydrogens is 528 g/mol. The largest absolute Gasteiger partial charge is 0.476 e. The van der Waals surface area contributed by atoms with Crippen LogP contribution >= 0.6 is 11.6 Å². The number of hydrogen-bond acceptors (Lipinski definition) is 8. The highest BCUT2D eigenvalue weighted by molar-refractivity contribution is 6.31. The Balaban J connectivity index is 1.50. The second-order valence-corrected chi connectivity index (χ2v) is 8.51. The quantitative estimate of drug-likeness (QED) is 0.287. The molecule has 0 bridgehead atoms. The van der Waals surface area contributed by atoms with Gasteiger partial charge in [-0.05, 0) is 42.5 Å². The van der Waals surface area contributed by atoms with Crippen LogP contribution in [-0.4, -0.2) is 52.6 Å². The monoisotopic (exact) mass is 546 g/mol. The Morgan fingerprint density at radius 2 is 1.72 bits per heavy atom. The number of carboxylic acid groups (broad SMARTS) is 2. The Hall–Kier alpha value is -5.33. The van der Waals surface area contributed by atoms with Gasteiger partial charge in [0.25, 0.3) is 11.8 Å². The molecule has 0 saturated carbocycles. The van der Waals surface area contributed by atoms with Crippen molar-refractivity contribution in [3.63, 3.8) is 0 Å². The molecular formula is C26H19ClN6O6. The van der Waals surface area contributed by atoms with Crippen molar-refractivity contribution >= 4 is 23.5 Å².